The molecule has 0 unspecified atom stereocenters. The van der Waals surface area contributed by atoms with E-state index in [0.717, 1.165) is 0 Å². The van der Waals surface area contributed by atoms with Crippen molar-refractivity contribution in [3.63, 3.8) is 0 Å². The van der Waals surface area contributed by atoms with Gasteiger partial charge in [-0.15, -0.1) is 0 Å². The van der Waals surface area contributed by atoms with Crippen molar-refractivity contribution in [3.8, 4) is 5.75 Å². The largest absolute Gasteiger partial charge is 0.494 e. The van der Waals surface area contributed by atoms with E-state index < -0.39 is 27.8 Å². The van der Waals surface area contributed by atoms with Crippen LogP contribution in [-0.4, -0.2) is 43.4 Å². The van der Waals surface area contributed by atoms with Crippen LogP contribution in [-0.2, 0) is 9.84 Å². The highest BCUT2D eigenvalue weighted by Gasteiger charge is 2.48. The molecule has 160 valence electrons. The maximum absolute atomic E-state index is 13.5. The zero-order valence-electron chi connectivity index (χ0n) is 16.9. The van der Waals surface area contributed by atoms with Gasteiger partial charge in [-0.25, -0.2) is 8.42 Å². The summed E-state index contributed by atoms with van der Waals surface area (Å²) in [6, 6.07) is 12.8. The highest BCUT2D eigenvalue weighted by Crippen LogP contribution is 2.42. The molecule has 0 N–H and O–H groups in total. The molecule has 3 heterocycles. The predicted octanol–water partition coefficient (Wildman–Crippen LogP) is 2.92. The van der Waals surface area contributed by atoms with E-state index in [9.17, 15) is 18.0 Å². The van der Waals surface area contributed by atoms with E-state index in [-0.39, 0.29) is 28.3 Å². The Morgan fingerprint density at radius 1 is 1.13 bits per heavy atom. The molecule has 2 aliphatic heterocycles. The third kappa shape index (κ3) is 3.22. The number of amides is 1. The first-order valence-corrected chi connectivity index (χ1v) is 12.0. The summed E-state index contributed by atoms with van der Waals surface area (Å²) in [5, 5.41) is 0.390. The average Bonchev–Trinajstić information content (AvgIpc) is 3.25. The molecule has 0 radical (unpaired) electrons. The number of carbonyl (C=O) groups excluding carboxylic acids is 1. The molecule has 2 aliphatic rings. The molecule has 0 aliphatic carbocycles. The van der Waals surface area contributed by atoms with Crippen LogP contribution in [0.5, 0.6) is 5.75 Å². The smallest absolute Gasteiger partial charge is 0.291 e. The second-order valence-electron chi connectivity index (χ2n) is 7.85. The minimum Gasteiger partial charge on any atom is -0.494 e. The Bertz CT molecular complexity index is 1360. The van der Waals surface area contributed by atoms with Crippen LogP contribution < -0.4 is 10.2 Å². The van der Waals surface area contributed by atoms with Crippen LogP contribution in [0, 0.1) is 0 Å². The molecule has 1 fully saturated rings. The second kappa shape index (κ2) is 7.23. The van der Waals surface area contributed by atoms with Crippen molar-refractivity contribution in [1.29, 1.82) is 0 Å². The predicted molar refractivity (Wildman–Crippen MR) is 115 cm³/mol. The van der Waals surface area contributed by atoms with Gasteiger partial charge in [0.05, 0.1) is 35.1 Å². The average molecular weight is 439 g/mol. The fourth-order valence-corrected chi connectivity index (χ4v) is 6.29. The standard InChI is InChI=1S/C23H21NO6S/c1-2-29-16-7-5-6-14(12-16)20-19-21(25)17-8-3-4-9-18(17)30-22(19)23(26)24(20)15-10-11-31(27,28)13-15/h3-9,12,15,20H,2,10-11,13H2,1H3/t15-,20-/m0/s1. The van der Waals surface area contributed by atoms with Gasteiger partial charge in [0, 0.05) is 6.04 Å². The van der Waals surface area contributed by atoms with Crippen molar-refractivity contribution in [2.24, 2.45) is 0 Å². The van der Waals surface area contributed by atoms with Crippen LogP contribution in [0.25, 0.3) is 11.0 Å². The van der Waals surface area contributed by atoms with Crippen LogP contribution in [0.1, 0.15) is 41.1 Å². The molecule has 2 aromatic carbocycles. The van der Waals surface area contributed by atoms with Crippen LogP contribution in [0.4, 0.5) is 0 Å². The molecule has 31 heavy (non-hydrogen) atoms. The third-order valence-electron chi connectivity index (χ3n) is 5.90. The van der Waals surface area contributed by atoms with E-state index in [0.29, 0.717) is 35.3 Å². The number of ether oxygens (including phenoxy) is 1. The fourth-order valence-electron chi connectivity index (χ4n) is 4.58. The number of sulfone groups is 1. The lowest BCUT2D eigenvalue weighted by Gasteiger charge is -2.30. The summed E-state index contributed by atoms with van der Waals surface area (Å²) in [6.45, 7) is 2.35. The molecule has 0 bridgehead atoms. The zero-order valence-corrected chi connectivity index (χ0v) is 17.7. The van der Waals surface area contributed by atoms with Gasteiger partial charge >= 0.3 is 0 Å². The Labute approximate surface area is 179 Å². The number of rotatable bonds is 4. The molecule has 0 saturated carbocycles. The number of benzene rings is 2. The summed E-state index contributed by atoms with van der Waals surface area (Å²) in [7, 11) is -3.24. The van der Waals surface area contributed by atoms with Crippen molar-refractivity contribution in [3.05, 3.63) is 75.6 Å². The number of hydrogen-bond acceptors (Lipinski definition) is 6. The molecular formula is C23H21NO6S. The molecule has 1 amide bonds. The summed E-state index contributed by atoms with van der Waals surface area (Å²) < 4.78 is 35.9. The Morgan fingerprint density at radius 2 is 1.94 bits per heavy atom. The first kappa shape index (κ1) is 19.8. The highest BCUT2D eigenvalue weighted by atomic mass is 32.2. The van der Waals surface area contributed by atoms with E-state index in [1.165, 1.54) is 4.90 Å². The van der Waals surface area contributed by atoms with Gasteiger partial charge in [-0.05, 0) is 43.2 Å². The minimum atomic E-state index is -3.24. The van der Waals surface area contributed by atoms with Gasteiger partial charge in [0.25, 0.3) is 5.91 Å². The van der Waals surface area contributed by atoms with Crippen LogP contribution in [0.15, 0.2) is 57.7 Å². The monoisotopic (exact) mass is 439 g/mol. The van der Waals surface area contributed by atoms with Crippen molar-refractivity contribution in [2.75, 3.05) is 18.1 Å². The van der Waals surface area contributed by atoms with Crippen LogP contribution in [0.3, 0.4) is 0 Å². The van der Waals surface area contributed by atoms with Gasteiger partial charge in [0.1, 0.15) is 11.3 Å². The van der Waals surface area contributed by atoms with Crippen molar-refractivity contribution < 1.29 is 22.4 Å². The van der Waals surface area contributed by atoms with Crippen molar-refractivity contribution >= 4 is 26.7 Å². The van der Waals surface area contributed by atoms with E-state index in [4.69, 9.17) is 9.15 Å². The normalized spacial score (nSPS) is 22.1. The van der Waals surface area contributed by atoms with E-state index >= 15 is 0 Å². The second-order valence-corrected chi connectivity index (χ2v) is 10.1. The van der Waals surface area contributed by atoms with Crippen LogP contribution >= 0.6 is 0 Å². The first-order chi connectivity index (χ1) is 14.9. The molecule has 3 aromatic rings. The Hall–Kier alpha value is -3.13. The quantitative estimate of drug-likeness (QED) is 0.621. The number of para-hydroxylation sites is 1. The summed E-state index contributed by atoms with van der Waals surface area (Å²) in [5.74, 6) is 0.0474. The van der Waals surface area contributed by atoms with Crippen molar-refractivity contribution in [2.45, 2.75) is 25.4 Å². The summed E-state index contributed by atoms with van der Waals surface area (Å²) >= 11 is 0. The molecular weight excluding hydrogens is 418 g/mol. The topological polar surface area (TPSA) is 93.9 Å². The van der Waals surface area contributed by atoms with Gasteiger partial charge in [0.2, 0.25) is 5.76 Å². The third-order valence-corrected chi connectivity index (χ3v) is 7.65. The number of carbonyl (C=O) groups is 1. The van der Waals surface area contributed by atoms with E-state index in [1.807, 2.05) is 13.0 Å². The Balaban J connectivity index is 1.74. The Kier molecular flexibility index (Phi) is 4.62. The molecule has 5 rings (SSSR count). The van der Waals surface area contributed by atoms with Gasteiger partial charge < -0.3 is 14.1 Å². The number of nitrogens with zero attached hydrogens (tertiary/aromatic N) is 1. The van der Waals surface area contributed by atoms with Crippen molar-refractivity contribution in [1.82, 2.24) is 4.90 Å². The van der Waals surface area contributed by atoms with Crippen LogP contribution in [0.2, 0.25) is 0 Å². The zero-order chi connectivity index (χ0) is 21.8. The summed E-state index contributed by atoms with van der Waals surface area (Å²) in [5.41, 5.74) is 0.995. The Morgan fingerprint density at radius 3 is 2.68 bits per heavy atom. The minimum absolute atomic E-state index is 0.0141. The number of fused-ring (bicyclic) bond motifs is 2. The maximum atomic E-state index is 13.5. The molecule has 8 heteroatoms. The fraction of sp³-hybridized carbons (Fsp3) is 0.304. The van der Waals surface area contributed by atoms with Gasteiger partial charge in [0.15, 0.2) is 15.3 Å². The molecule has 2 atom stereocenters. The van der Waals surface area contributed by atoms with Gasteiger partial charge in [-0.1, -0.05) is 24.3 Å². The lowest BCUT2D eigenvalue weighted by molar-refractivity contribution is 0.0662. The van der Waals surface area contributed by atoms with Gasteiger partial charge in [-0.2, -0.15) is 0 Å². The molecule has 7 nitrogen and oxygen atoms in total. The molecule has 1 aromatic heterocycles. The highest BCUT2D eigenvalue weighted by molar-refractivity contribution is 7.91. The first-order valence-electron chi connectivity index (χ1n) is 10.2. The molecule has 1 saturated heterocycles. The van der Waals surface area contributed by atoms with E-state index in [2.05, 4.69) is 0 Å². The van der Waals surface area contributed by atoms with Gasteiger partial charge in [-0.3, -0.25) is 9.59 Å². The summed E-state index contributed by atoms with van der Waals surface area (Å²) in [6.07, 6.45) is 0.331. The van der Waals surface area contributed by atoms with E-state index in [1.54, 1.807) is 42.5 Å². The molecule has 0 spiro atoms. The SMILES string of the molecule is CCOc1cccc([C@H]2c3c(oc4ccccc4c3=O)C(=O)N2[C@H]2CCS(=O)(=O)C2)c1. The lowest BCUT2D eigenvalue weighted by Crippen LogP contribution is -2.40. The maximum Gasteiger partial charge on any atom is 0.291 e. The summed E-state index contributed by atoms with van der Waals surface area (Å²) in [4.78, 5) is 28.4. The number of hydrogen-bond donors (Lipinski definition) is 0. The lowest BCUT2D eigenvalue weighted by atomic mass is 9.97.